The second kappa shape index (κ2) is 7.65. The number of rotatable bonds is 6. The predicted octanol–water partition coefficient (Wildman–Crippen LogP) is 2.65. The van der Waals surface area contributed by atoms with Gasteiger partial charge in [0.25, 0.3) is 0 Å². The number of hydrogen-bond acceptors (Lipinski definition) is 4. The summed E-state index contributed by atoms with van der Waals surface area (Å²) in [6.45, 7) is 4.03. The van der Waals surface area contributed by atoms with Gasteiger partial charge in [-0.2, -0.15) is 16.9 Å². The lowest BCUT2D eigenvalue weighted by Crippen LogP contribution is -2.46. The van der Waals surface area contributed by atoms with Crippen molar-refractivity contribution in [2.24, 2.45) is 0 Å². The summed E-state index contributed by atoms with van der Waals surface area (Å²) in [5, 5.41) is 8.42. The summed E-state index contributed by atoms with van der Waals surface area (Å²) in [6, 6.07) is 3.21. The van der Waals surface area contributed by atoms with Crippen molar-refractivity contribution in [2.75, 3.05) is 24.7 Å². The highest BCUT2D eigenvalue weighted by molar-refractivity contribution is 7.99. The van der Waals surface area contributed by atoms with Gasteiger partial charge in [-0.1, -0.05) is 19.8 Å². The molecule has 118 valence electrons. The smallest absolute Gasteiger partial charge is 0.0822 e. The molecule has 2 atom stereocenters. The molecule has 1 saturated carbocycles. The van der Waals surface area contributed by atoms with Crippen LogP contribution in [0.3, 0.4) is 0 Å². The minimum Gasteiger partial charge on any atom is -0.375 e. The minimum absolute atomic E-state index is 0.320. The molecular formula is C16H27N3OS. The zero-order chi connectivity index (χ0) is 14.5. The zero-order valence-electron chi connectivity index (χ0n) is 13.0. The van der Waals surface area contributed by atoms with Crippen LogP contribution in [0.15, 0.2) is 12.3 Å². The van der Waals surface area contributed by atoms with E-state index >= 15 is 0 Å². The third kappa shape index (κ3) is 4.02. The molecule has 2 unspecified atom stereocenters. The van der Waals surface area contributed by atoms with E-state index in [1.807, 2.05) is 11.8 Å². The first-order chi connectivity index (χ1) is 10.4. The Morgan fingerprint density at radius 2 is 2.33 bits per heavy atom. The molecule has 0 aromatic carbocycles. The molecule has 0 radical (unpaired) electrons. The lowest BCUT2D eigenvalue weighted by molar-refractivity contribution is 0.0473. The fraction of sp³-hybridized carbons (Fsp3) is 0.812. The number of ether oxygens (including phenoxy) is 1. The molecule has 1 aliphatic carbocycles. The molecule has 2 heterocycles. The molecule has 1 N–H and O–H groups in total. The van der Waals surface area contributed by atoms with Gasteiger partial charge in [0.15, 0.2) is 0 Å². The van der Waals surface area contributed by atoms with E-state index < -0.39 is 0 Å². The predicted molar refractivity (Wildman–Crippen MR) is 88.0 cm³/mol. The summed E-state index contributed by atoms with van der Waals surface area (Å²) >= 11 is 2.00. The summed E-state index contributed by atoms with van der Waals surface area (Å²) in [5.41, 5.74) is 1.20. The zero-order valence-corrected chi connectivity index (χ0v) is 13.8. The van der Waals surface area contributed by atoms with Crippen molar-refractivity contribution in [2.45, 2.75) is 57.2 Å². The first kappa shape index (κ1) is 15.4. The Labute approximate surface area is 132 Å². The lowest BCUT2D eigenvalue weighted by atomic mass is 10.1. The average Bonchev–Trinajstić information content (AvgIpc) is 3.19. The third-order valence-corrected chi connectivity index (χ3v) is 5.57. The molecule has 0 amide bonds. The number of thioether (sulfide) groups is 1. The van der Waals surface area contributed by atoms with Crippen LogP contribution in [0.1, 0.15) is 44.3 Å². The molecule has 1 aromatic heterocycles. The van der Waals surface area contributed by atoms with Crippen molar-refractivity contribution in [3.05, 3.63) is 18.0 Å². The van der Waals surface area contributed by atoms with Gasteiger partial charge in [0.2, 0.25) is 0 Å². The van der Waals surface area contributed by atoms with E-state index in [-0.39, 0.29) is 0 Å². The molecule has 0 bridgehead atoms. The Hall–Kier alpha value is -0.520. The number of likely N-dealkylation sites (N-methyl/N-ethyl adjacent to an activating group) is 1. The van der Waals surface area contributed by atoms with E-state index in [4.69, 9.17) is 9.84 Å². The van der Waals surface area contributed by atoms with Gasteiger partial charge in [-0.3, -0.25) is 4.68 Å². The van der Waals surface area contributed by atoms with Crippen LogP contribution in [-0.4, -0.2) is 46.6 Å². The van der Waals surface area contributed by atoms with Gasteiger partial charge >= 0.3 is 0 Å². The molecule has 4 nitrogen and oxygen atoms in total. The normalized spacial score (nSPS) is 25.3. The van der Waals surface area contributed by atoms with Crippen molar-refractivity contribution < 1.29 is 4.74 Å². The Morgan fingerprint density at radius 3 is 3.05 bits per heavy atom. The van der Waals surface area contributed by atoms with E-state index in [1.54, 1.807) is 0 Å². The second-order valence-corrected chi connectivity index (χ2v) is 7.23. The fourth-order valence-electron chi connectivity index (χ4n) is 3.42. The van der Waals surface area contributed by atoms with Crippen LogP contribution in [-0.2, 0) is 11.2 Å². The standard InChI is InChI=1S/C16H27N3OS/c1-2-17-15(16-12-21-10-9-20-16)11-13-7-8-19(18-13)14-5-3-4-6-14/h7-8,14-17H,2-6,9-12H2,1H3. The van der Waals surface area contributed by atoms with Crippen molar-refractivity contribution in [3.63, 3.8) is 0 Å². The highest BCUT2D eigenvalue weighted by atomic mass is 32.2. The number of hydrogen-bond donors (Lipinski definition) is 1. The third-order valence-electron chi connectivity index (χ3n) is 4.55. The summed E-state index contributed by atoms with van der Waals surface area (Å²) < 4.78 is 8.15. The molecule has 2 fully saturated rings. The molecule has 1 aromatic rings. The fourth-order valence-corrected chi connectivity index (χ4v) is 4.36. The maximum atomic E-state index is 5.95. The number of nitrogens with zero attached hydrogens (tertiary/aromatic N) is 2. The summed E-state index contributed by atoms with van der Waals surface area (Å²) in [5.74, 6) is 2.23. The van der Waals surface area contributed by atoms with E-state index in [0.29, 0.717) is 18.2 Å². The van der Waals surface area contributed by atoms with Gasteiger partial charge in [-0.25, -0.2) is 0 Å². The number of nitrogens with one attached hydrogen (secondary N) is 1. The van der Waals surface area contributed by atoms with Crippen LogP contribution in [0.25, 0.3) is 0 Å². The lowest BCUT2D eigenvalue weighted by Gasteiger charge is -2.30. The van der Waals surface area contributed by atoms with Crippen LogP contribution >= 0.6 is 11.8 Å². The van der Waals surface area contributed by atoms with Crippen molar-refractivity contribution in [1.82, 2.24) is 15.1 Å². The van der Waals surface area contributed by atoms with Crippen molar-refractivity contribution >= 4 is 11.8 Å². The van der Waals surface area contributed by atoms with E-state index in [2.05, 4.69) is 29.2 Å². The van der Waals surface area contributed by atoms with Crippen LogP contribution in [0.2, 0.25) is 0 Å². The molecular weight excluding hydrogens is 282 g/mol. The Kier molecular flexibility index (Phi) is 5.61. The minimum atomic E-state index is 0.320. The summed E-state index contributed by atoms with van der Waals surface area (Å²) in [7, 11) is 0. The summed E-state index contributed by atoms with van der Waals surface area (Å²) in [4.78, 5) is 0. The van der Waals surface area contributed by atoms with Crippen LogP contribution in [0.4, 0.5) is 0 Å². The van der Waals surface area contributed by atoms with Crippen LogP contribution in [0.5, 0.6) is 0 Å². The first-order valence-corrected chi connectivity index (χ1v) is 9.49. The molecule has 5 heteroatoms. The van der Waals surface area contributed by atoms with Crippen molar-refractivity contribution in [3.8, 4) is 0 Å². The average molecular weight is 309 g/mol. The maximum Gasteiger partial charge on any atom is 0.0822 e. The van der Waals surface area contributed by atoms with Gasteiger partial charge in [-0.05, 0) is 25.5 Å². The van der Waals surface area contributed by atoms with Gasteiger partial charge in [-0.15, -0.1) is 0 Å². The quantitative estimate of drug-likeness (QED) is 0.877. The first-order valence-electron chi connectivity index (χ1n) is 8.33. The van der Waals surface area contributed by atoms with E-state index in [1.165, 1.54) is 31.4 Å². The Bertz CT molecular complexity index is 425. The topological polar surface area (TPSA) is 39.1 Å². The van der Waals surface area contributed by atoms with E-state index in [9.17, 15) is 0 Å². The SMILES string of the molecule is CCNC(Cc1ccn(C2CCCC2)n1)C1CSCCO1. The molecule has 3 rings (SSSR count). The second-order valence-electron chi connectivity index (χ2n) is 6.08. The van der Waals surface area contributed by atoms with Gasteiger partial charge < -0.3 is 10.1 Å². The largest absolute Gasteiger partial charge is 0.375 e. The maximum absolute atomic E-state index is 5.95. The number of aromatic nitrogens is 2. The van der Waals surface area contributed by atoms with Gasteiger partial charge in [0.1, 0.15) is 0 Å². The van der Waals surface area contributed by atoms with Gasteiger partial charge in [0.05, 0.1) is 24.4 Å². The van der Waals surface area contributed by atoms with Gasteiger partial charge in [0, 0.05) is 30.2 Å². The highest BCUT2D eigenvalue weighted by Gasteiger charge is 2.25. The molecule has 0 spiro atoms. The highest BCUT2D eigenvalue weighted by Crippen LogP contribution is 2.29. The van der Waals surface area contributed by atoms with E-state index in [0.717, 1.165) is 31.1 Å². The van der Waals surface area contributed by atoms with Crippen molar-refractivity contribution in [1.29, 1.82) is 0 Å². The Morgan fingerprint density at radius 1 is 1.48 bits per heavy atom. The molecule has 21 heavy (non-hydrogen) atoms. The molecule has 1 aliphatic heterocycles. The Balaban J connectivity index is 1.61. The summed E-state index contributed by atoms with van der Waals surface area (Å²) in [6.07, 6.45) is 8.75. The van der Waals surface area contributed by atoms with Crippen LogP contribution < -0.4 is 5.32 Å². The molecule has 1 saturated heterocycles. The van der Waals surface area contributed by atoms with Crippen LogP contribution in [0, 0.1) is 0 Å². The molecule has 2 aliphatic rings. The monoisotopic (exact) mass is 309 g/mol.